The number of fused-ring (bicyclic) bond motifs is 15. The van der Waals surface area contributed by atoms with Gasteiger partial charge in [0, 0.05) is 33.4 Å². The van der Waals surface area contributed by atoms with Crippen LogP contribution in [0.1, 0.15) is 22.3 Å². The topological polar surface area (TPSA) is 47.9 Å². The average molecular weight is 790 g/mol. The normalized spacial score (nSPS) is 14.6. The summed E-state index contributed by atoms with van der Waals surface area (Å²) in [6.07, 6.45) is 0. The average Bonchev–Trinajstić information content (AvgIpc) is 3.63. The van der Waals surface area contributed by atoms with Gasteiger partial charge in [0.15, 0.2) is 17.5 Å². The van der Waals surface area contributed by atoms with Gasteiger partial charge < -0.3 is 4.74 Å². The van der Waals surface area contributed by atoms with E-state index in [-0.39, 0.29) is 0 Å². The summed E-state index contributed by atoms with van der Waals surface area (Å²) in [5, 5.41) is 7.59. The number of rotatable bonds is 4. The van der Waals surface area contributed by atoms with Crippen molar-refractivity contribution >= 4 is 32.3 Å². The molecule has 0 amide bonds. The highest BCUT2D eigenvalue weighted by Crippen LogP contribution is 2.64. The summed E-state index contributed by atoms with van der Waals surface area (Å²) in [5.41, 5.74) is 11.6. The zero-order valence-electron chi connectivity index (χ0n) is 33.5. The van der Waals surface area contributed by atoms with Crippen molar-refractivity contribution in [2.75, 3.05) is 0 Å². The SMILES string of the molecule is c1ccc(-c2nc(-c3ccccc3)nc(-c3ccc(-c4cccc5c4Oc4ccccc4C54c5ccccc5-c5cc6c7ccccc7c7ccccc7c6cc54)cc3)n2)cc1. The standard InChI is InChI=1S/C58H35N3O/c1-3-16-37(17-4-1)55-59-56(38-18-5-2-6-19-38)61-57(60-55)39-32-30-36(31-33-39)40-25-15-28-51-54(40)62-53-29-14-13-27-50(53)58(51)49-26-12-11-24-45(49)48-34-46-43-22-9-7-20-41(43)42-21-8-10-23-44(42)47(46)35-52(48)58/h1-35H. The molecule has 4 nitrogen and oxygen atoms in total. The molecule has 4 heteroatoms. The van der Waals surface area contributed by atoms with Crippen LogP contribution in [0.5, 0.6) is 11.5 Å². The third kappa shape index (κ3) is 4.98. The number of para-hydroxylation sites is 2. The molecule has 1 atom stereocenters. The van der Waals surface area contributed by atoms with Gasteiger partial charge in [0.2, 0.25) is 0 Å². The fraction of sp³-hybridized carbons (Fsp3) is 0.0172. The summed E-state index contributed by atoms with van der Waals surface area (Å²) >= 11 is 0. The number of aromatic nitrogens is 3. The van der Waals surface area contributed by atoms with Gasteiger partial charge in [0.05, 0.1) is 5.41 Å². The Balaban J connectivity index is 1.02. The minimum absolute atomic E-state index is 0.621. The van der Waals surface area contributed by atoms with Crippen LogP contribution >= 0.6 is 0 Å². The summed E-state index contributed by atoms with van der Waals surface area (Å²) < 4.78 is 7.11. The fourth-order valence-corrected chi connectivity index (χ4v) is 10.3. The predicted octanol–water partition coefficient (Wildman–Crippen LogP) is 14.5. The van der Waals surface area contributed by atoms with E-state index >= 15 is 0 Å². The lowest BCUT2D eigenvalue weighted by atomic mass is 9.65. The van der Waals surface area contributed by atoms with Crippen LogP contribution in [-0.2, 0) is 5.41 Å². The van der Waals surface area contributed by atoms with Crippen molar-refractivity contribution in [3.05, 3.63) is 235 Å². The van der Waals surface area contributed by atoms with Crippen molar-refractivity contribution in [1.29, 1.82) is 0 Å². The second-order valence-electron chi connectivity index (χ2n) is 16.2. The Hall–Kier alpha value is -8.21. The maximum absolute atomic E-state index is 7.11. The molecule has 288 valence electrons. The number of benzene rings is 10. The minimum atomic E-state index is -0.625. The van der Waals surface area contributed by atoms with Crippen LogP contribution in [0.15, 0.2) is 212 Å². The number of ether oxygens (including phenoxy) is 1. The molecule has 0 saturated heterocycles. The molecule has 2 heterocycles. The van der Waals surface area contributed by atoms with Crippen LogP contribution in [0.4, 0.5) is 0 Å². The van der Waals surface area contributed by atoms with Crippen LogP contribution in [-0.4, -0.2) is 15.0 Å². The summed E-state index contributed by atoms with van der Waals surface area (Å²) in [6.45, 7) is 0. The van der Waals surface area contributed by atoms with E-state index < -0.39 is 5.41 Å². The summed E-state index contributed by atoms with van der Waals surface area (Å²) in [6, 6.07) is 75.6. The molecule has 10 aromatic carbocycles. The Morgan fingerprint density at radius 1 is 0.290 bits per heavy atom. The van der Waals surface area contributed by atoms with Gasteiger partial charge >= 0.3 is 0 Å². The maximum atomic E-state index is 7.11. The van der Waals surface area contributed by atoms with Crippen molar-refractivity contribution in [3.8, 4) is 67.9 Å². The van der Waals surface area contributed by atoms with Crippen LogP contribution < -0.4 is 4.74 Å². The molecule has 11 aromatic rings. The van der Waals surface area contributed by atoms with Gasteiger partial charge in [-0.3, -0.25) is 0 Å². The smallest absolute Gasteiger partial charge is 0.164 e. The van der Waals surface area contributed by atoms with E-state index in [0.717, 1.165) is 50.4 Å². The predicted molar refractivity (Wildman–Crippen MR) is 251 cm³/mol. The van der Waals surface area contributed by atoms with Crippen LogP contribution in [0, 0.1) is 0 Å². The molecule has 0 fully saturated rings. The number of hydrogen-bond donors (Lipinski definition) is 0. The van der Waals surface area contributed by atoms with Crippen LogP contribution in [0.25, 0.3) is 88.7 Å². The molecule has 1 spiro atoms. The fourth-order valence-electron chi connectivity index (χ4n) is 10.3. The van der Waals surface area contributed by atoms with Gasteiger partial charge in [-0.2, -0.15) is 0 Å². The van der Waals surface area contributed by atoms with E-state index in [4.69, 9.17) is 19.7 Å². The van der Waals surface area contributed by atoms with Gasteiger partial charge in [-0.1, -0.05) is 194 Å². The van der Waals surface area contributed by atoms with Crippen molar-refractivity contribution in [3.63, 3.8) is 0 Å². The van der Waals surface area contributed by atoms with E-state index in [0.29, 0.717) is 17.5 Å². The Kier molecular flexibility index (Phi) is 7.49. The lowest BCUT2D eigenvalue weighted by molar-refractivity contribution is 0.438. The second kappa shape index (κ2) is 13.4. The van der Waals surface area contributed by atoms with E-state index in [1.807, 2.05) is 60.7 Å². The third-order valence-corrected chi connectivity index (χ3v) is 13.0. The van der Waals surface area contributed by atoms with Gasteiger partial charge in [-0.15, -0.1) is 0 Å². The van der Waals surface area contributed by atoms with Crippen LogP contribution in [0.3, 0.4) is 0 Å². The monoisotopic (exact) mass is 789 g/mol. The zero-order valence-corrected chi connectivity index (χ0v) is 33.5. The molecule has 62 heavy (non-hydrogen) atoms. The highest BCUT2D eigenvalue weighted by molar-refractivity contribution is 6.26. The Morgan fingerprint density at radius 3 is 1.37 bits per heavy atom. The Labute approximate surface area is 358 Å². The minimum Gasteiger partial charge on any atom is -0.456 e. The Bertz CT molecular complexity index is 3540. The highest BCUT2D eigenvalue weighted by atomic mass is 16.5. The van der Waals surface area contributed by atoms with Crippen molar-refractivity contribution in [2.45, 2.75) is 5.41 Å². The third-order valence-electron chi connectivity index (χ3n) is 13.0. The van der Waals surface area contributed by atoms with E-state index in [2.05, 4.69) is 152 Å². The molecule has 13 rings (SSSR count). The first-order valence-corrected chi connectivity index (χ1v) is 21.1. The number of nitrogens with zero attached hydrogens (tertiary/aromatic N) is 3. The van der Waals surface area contributed by atoms with Gasteiger partial charge in [-0.05, 0) is 78.3 Å². The molecule has 2 aliphatic rings. The van der Waals surface area contributed by atoms with E-state index in [1.165, 1.54) is 54.6 Å². The molecule has 0 radical (unpaired) electrons. The quantitative estimate of drug-likeness (QED) is 0.167. The Morgan fingerprint density at radius 2 is 0.742 bits per heavy atom. The molecular formula is C58H35N3O. The zero-order chi connectivity index (χ0) is 40.8. The van der Waals surface area contributed by atoms with Gasteiger partial charge in [-0.25, -0.2) is 15.0 Å². The van der Waals surface area contributed by atoms with Gasteiger partial charge in [0.25, 0.3) is 0 Å². The van der Waals surface area contributed by atoms with Gasteiger partial charge in [0.1, 0.15) is 11.5 Å². The molecule has 0 bridgehead atoms. The summed E-state index contributed by atoms with van der Waals surface area (Å²) in [4.78, 5) is 14.9. The molecule has 1 aliphatic carbocycles. The largest absolute Gasteiger partial charge is 0.456 e. The summed E-state index contributed by atoms with van der Waals surface area (Å²) in [5.74, 6) is 3.62. The first kappa shape index (κ1) is 34.6. The molecule has 1 aromatic heterocycles. The van der Waals surface area contributed by atoms with Crippen molar-refractivity contribution in [2.24, 2.45) is 0 Å². The van der Waals surface area contributed by atoms with E-state index in [9.17, 15) is 0 Å². The molecule has 0 saturated carbocycles. The molecule has 0 N–H and O–H groups in total. The van der Waals surface area contributed by atoms with E-state index in [1.54, 1.807) is 0 Å². The lowest BCUT2D eigenvalue weighted by Gasteiger charge is -2.40. The van der Waals surface area contributed by atoms with Crippen molar-refractivity contribution in [1.82, 2.24) is 15.0 Å². The second-order valence-corrected chi connectivity index (χ2v) is 16.2. The van der Waals surface area contributed by atoms with Crippen molar-refractivity contribution < 1.29 is 4.74 Å². The molecule has 1 unspecified atom stereocenters. The molecule has 1 aliphatic heterocycles. The maximum Gasteiger partial charge on any atom is 0.164 e. The lowest BCUT2D eigenvalue weighted by Crippen LogP contribution is -2.32. The number of hydrogen-bond acceptors (Lipinski definition) is 4. The first-order valence-electron chi connectivity index (χ1n) is 21.1. The summed E-state index contributed by atoms with van der Waals surface area (Å²) in [7, 11) is 0. The highest BCUT2D eigenvalue weighted by Gasteiger charge is 2.51. The first-order chi connectivity index (χ1) is 30.7. The van der Waals surface area contributed by atoms with Crippen LogP contribution in [0.2, 0.25) is 0 Å². The molecular weight excluding hydrogens is 755 g/mol.